The van der Waals surface area contributed by atoms with Gasteiger partial charge in [0.1, 0.15) is 5.75 Å². The second-order valence-electron chi connectivity index (χ2n) is 6.44. The van der Waals surface area contributed by atoms with Crippen LogP contribution in [0.5, 0.6) is 5.75 Å². The lowest BCUT2D eigenvalue weighted by Gasteiger charge is -2.02. The van der Waals surface area contributed by atoms with Crippen molar-refractivity contribution >= 4 is 32.6 Å². The highest BCUT2D eigenvalue weighted by Crippen LogP contribution is 2.30. The maximum Gasteiger partial charge on any atom is 0.279 e. The van der Waals surface area contributed by atoms with Crippen LogP contribution in [0.25, 0.3) is 21.5 Å². The molecule has 0 aliphatic rings. The van der Waals surface area contributed by atoms with E-state index in [0.717, 1.165) is 27.1 Å². The maximum atomic E-state index is 12.5. The number of thiazole rings is 1. The molecule has 1 N–H and O–H groups in total. The molecule has 6 nitrogen and oxygen atoms in total. The van der Waals surface area contributed by atoms with Gasteiger partial charge in [0.05, 0.1) is 16.8 Å². The molecule has 7 heteroatoms. The van der Waals surface area contributed by atoms with E-state index in [9.17, 15) is 4.79 Å². The predicted octanol–water partition coefficient (Wildman–Crippen LogP) is 5.22. The average Bonchev–Trinajstić information content (AvgIpc) is 3.30. The number of nitrogens with zero attached hydrogens (tertiary/aromatic N) is 2. The molecule has 0 atom stereocenters. The van der Waals surface area contributed by atoms with Gasteiger partial charge in [0.25, 0.3) is 5.91 Å². The Bertz CT molecular complexity index is 1150. The Labute approximate surface area is 166 Å². The third kappa shape index (κ3) is 3.61. The number of anilines is 1. The molecule has 0 aliphatic carbocycles. The molecule has 4 rings (SSSR count). The summed E-state index contributed by atoms with van der Waals surface area (Å²) in [6.45, 7) is 6.60. The Morgan fingerprint density at radius 2 is 1.96 bits per heavy atom. The van der Waals surface area contributed by atoms with Gasteiger partial charge in [-0.1, -0.05) is 22.6 Å². The molecule has 0 radical (unpaired) electrons. The van der Waals surface area contributed by atoms with Crippen LogP contribution in [0.3, 0.4) is 0 Å². The fourth-order valence-electron chi connectivity index (χ4n) is 2.99. The number of ether oxygens (including phenoxy) is 1. The molecule has 0 fully saturated rings. The fraction of sp³-hybridized carbons (Fsp3) is 0.190. The average molecular weight is 393 g/mol. The Hall–Kier alpha value is -3.19. The van der Waals surface area contributed by atoms with Gasteiger partial charge in [-0.3, -0.25) is 10.1 Å². The topological polar surface area (TPSA) is 77.2 Å². The number of aryl methyl sites for hydroxylation is 2. The van der Waals surface area contributed by atoms with Crippen LogP contribution in [0.2, 0.25) is 0 Å². The van der Waals surface area contributed by atoms with Crippen molar-refractivity contribution in [3.63, 3.8) is 0 Å². The van der Waals surface area contributed by atoms with Crippen molar-refractivity contribution in [2.24, 2.45) is 0 Å². The Morgan fingerprint density at radius 3 is 2.71 bits per heavy atom. The molecule has 4 aromatic rings. The number of aromatic nitrogens is 2. The summed E-state index contributed by atoms with van der Waals surface area (Å²) in [4.78, 5) is 17.1. The minimum atomic E-state index is -0.352. The van der Waals surface area contributed by atoms with Crippen LogP contribution in [-0.2, 0) is 0 Å². The second-order valence-corrected chi connectivity index (χ2v) is 7.47. The third-order valence-corrected chi connectivity index (χ3v) is 5.16. The first-order valence-electron chi connectivity index (χ1n) is 8.92. The van der Waals surface area contributed by atoms with E-state index in [0.29, 0.717) is 17.5 Å². The number of fused-ring (bicyclic) bond motifs is 1. The molecule has 1 amide bonds. The van der Waals surface area contributed by atoms with Crippen LogP contribution < -0.4 is 10.1 Å². The van der Waals surface area contributed by atoms with Crippen molar-refractivity contribution in [2.75, 3.05) is 11.9 Å². The molecule has 0 aliphatic heterocycles. The normalized spacial score (nSPS) is 11.0. The van der Waals surface area contributed by atoms with Crippen LogP contribution in [-0.4, -0.2) is 22.7 Å². The molecule has 0 bridgehead atoms. The van der Waals surface area contributed by atoms with Gasteiger partial charge in [0.15, 0.2) is 16.6 Å². The summed E-state index contributed by atoms with van der Waals surface area (Å²) in [5.74, 6) is 0.948. The van der Waals surface area contributed by atoms with Gasteiger partial charge in [0.2, 0.25) is 0 Å². The summed E-state index contributed by atoms with van der Waals surface area (Å²) < 4.78 is 11.8. The standard InChI is InChI=1S/C21H19N3O3S/c1-4-26-15-7-5-14(6-8-15)17-11-16(24-27-17)20(25)23-21-22-19-13(3)9-12(2)10-18(19)28-21/h5-11H,4H2,1-3H3,(H,22,23,25). The van der Waals surface area contributed by atoms with Gasteiger partial charge in [-0.15, -0.1) is 0 Å². The molecule has 0 saturated heterocycles. The number of amides is 1. The number of benzene rings is 2. The Morgan fingerprint density at radius 1 is 1.18 bits per heavy atom. The number of carbonyl (C=O) groups excluding carboxylic acids is 1. The molecule has 0 unspecified atom stereocenters. The summed E-state index contributed by atoms with van der Waals surface area (Å²) in [6, 6.07) is 13.2. The first-order valence-corrected chi connectivity index (χ1v) is 9.74. The van der Waals surface area contributed by atoms with Gasteiger partial charge >= 0.3 is 0 Å². The maximum absolute atomic E-state index is 12.5. The van der Waals surface area contributed by atoms with Gasteiger partial charge in [0, 0.05) is 11.6 Å². The first kappa shape index (κ1) is 18.2. The molecule has 2 aromatic heterocycles. The Kier molecular flexibility index (Phi) is 4.83. The molecule has 28 heavy (non-hydrogen) atoms. The smallest absolute Gasteiger partial charge is 0.279 e. The van der Waals surface area contributed by atoms with Crippen molar-refractivity contribution in [3.05, 3.63) is 59.3 Å². The lowest BCUT2D eigenvalue weighted by Crippen LogP contribution is -2.11. The molecule has 2 heterocycles. The number of hydrogen-bond donors (Lipinski definition) is 1. The van der Waals surface area contributed by atoms with E-state index in [2.05, 4.69) is 27.6 Å². The van der Waals surface area contributed by atoms with Crippen molar-refractivity contribution in [2.45, 2.75) is 20.8 Å². The zero-order valence-corrected chi connectivity index (χ0v) is 16.6. The van der Waals surface area contributed by atoms with E-state index in [-0.39, 0.29) is 11.6 Å². The van der Waals surface area contributed by atoms with E-state index in [1.807, 2.05) is 45.0 Å². The van der Waals surface area contributed by atoms with Gasteiger partial charge in [-0.2, -0.15) is 0 Å². The summed E-state index contributed by atoms with van der Waals surface area (Å²) in [6.07, 6.45) is 0. The quantitative estimate of drug-likeness (QED) is 0.503. The SMILES string of the molecule is CCOc1ccc(-c2cc(C(=O)Nc3nc4c(C)cc(C)cc4s3)no2)cc1. The highest BCUT2D eigenvalue weighted by Gasteiger charge is 2.16. The van der Waals surface area contributed by atoms with Crippen molar-refractivity contribution < 1.29 is 14.1 Å². The van der Waals surface area contributed by atoms with Crippen LogP contribution in [0.15, 0.2) is 47.0 Å². The Balaban J connectivity index is 1.52. The molecular formula is C21H19N3O3S. The van der Waals surface area contributed by atoms with E-state index >= 15 is 0 Å². The monoisotopic (exact) mass is 393 g/mol. The van der Waals surface area contributed by atoms with Crippen LogP contribution >= 0.6 is 11.3 Å². The largest absolute Gasteiger partial charge is 0.494 e. The van der Waals surface area contributed by atoms with Crippen molar-refractivity contribution in [1.29, 1.82) is 0 Å². The molecule has 142 valence electrons. The lowest BCUT2D eigenvalue weighted by molar-refractivity contribution is 0.101. The summed E-state index contributed by atoms with van der Waals surface area (Å²) in [5, 5.41) is 7.24. The lowest BCUT2D eigenvalue weighted by atomic mass is 10.1. The minimum Gasteiger partial charge on any atom is -0.494 e. The zero-order chi connectivity index (χ0) is 19.7. The third-order valence-electron chi connectivity index (χ3n) is 4.24. The number of hydrogen-bond acceptors (Lipinski definition) is 6. The predicted molar refractivity (Wildman–Crippen MR) is 110 cm³/mol. The van der Waals surface area contributed by atoms with E-state index in [1.54, 1.807) is 6.07 Å². The molecule has 0 saturated carbocycles. The van der Waals surface area contributed by atoms with E-state index in [4.69, 9.17) is 9.26 Å². The highest BCUT2D eigenvalue weighted by atomic mass is 32.1. The second kappa shape index (κ2) is 7.44. The van der Waals surface area contributed by atoms with Crippen LogP contribution in [0.1, 0.15) is 28.5 Å². The van der Waals surface area contributed by atoms with Crippen LogP contribution in [0.4, 0.5) is 5.13 Å². The first-order chi connectivity index (χ1) is 13.5. The molecular weight excluding hydrogens is 374 g/mol. The minimum absolute atomic E-state index is 0.205. The summed E-state index contributed by atoms with van der Waals surface area (Å²) in [5.41, 5.74) is 4.19. The number of rotatable bonds is 5. The number of carbonyl (C=O) groups is 1. The summed E-state index contributed by atoms with van der Waals surface area (Å²) in [7, 11) is 0. The van der Waals surface area contributed by atoms with Crippen molar-refractivity contribution in [1.82, 2.24) is 10.1 Å². The fourth-order valence-corrected chi connectivity index (χ4v) is 4.02. The van der Waals surface area contributed by atoms with E-state index in [1.165, 1.54) is 16.9 Å². The van der Waals surface area contributed by atoms with Crippen LogP contribution in [0, 0.1) is 13.8 Å². The molecule has 0 spiro atoms. The molecule has 2 aromatic carbocycles. The van der Waals surface area contributed by atoms with E-state index < -0.39 is 0 Å². The van der Waals surface area contributed by atoms with Crippen molar-refractivity contribution in [3.8, 4) is 17.1 Å². The van der Waals surface area contributed by atoms with Gasteiger partial charge in [-0.05, 0) is 62.2 Å². The summed E-state index contributed by atoms with van der Waals surface area (Å²) >= 11 is 1.44. The number of nitrogens with one attached hydrogen (secondary N) is 1. The zero-order valence-electron chi connectivity index (χ0n) is 15.8. The van der Waals surface area contributed by atoms with Gasteiger partial charge < -0.3 is 9.26 Å². The van der Waals surface area contributed by atoms with Gasteiger partial charge in [-0.25, -0.2) is 4.98 Å². The highest BCUT2D eigenvalue weighted by molar-refractivity contribution is 7.22.